The molecule has 2 aromatic heterocycles. The Hall–Kier alpha value is -4.04. The molecule has 0 saturated carbocycles. The van der Waals surface area contributed by atoms with Crippen LogP contribution < -0.4 is 20.1 Å². The number of benzene rings is 2. The Labute approximate surface area is 240 Å². The average Bonchev–Trinajstić information content (AvgIpc) is 3.27. The minimum absolute atomic E-state index is 0. The van der Waals surface area contributed by atoms with Crippen molar-refractivity contribution in [1.29, 1.82) is 0 Å². The van der Waals surface area contributed by atoms with Crippen LogP contribution in [0.5, 0.6) is 17.2 Å². The number of sulfone groups is 1. The summed E-state index contributed by atoms with van der Waals surface area (Å²) in [5.74, 6) is 0.219. The molecule has 2 heterocycles. The number of halogens is 4. The van der Waals surface area contributed by atoms with Crippen LogP contribution in [0.1, 0.15) is 5.56 Å². The number of anilines is 2. The van der Waals surface area contributed by atoms with Crippen LogP contribution in [-0.4, -0.2) is 60.2 Å². The molecule has 4 aromatic rings. The molecule has 0 aliphatic heterocycles. The number of hydrogen-bond donors (Lipinski definition) is 2. The third-order valence-electron chi connectivity index (χ3n) is 5.49. The summed E-state index contributed by atoms with van der Waals surface area (Å²) in [6.45, 7) is 0.994. The third-order valence-corrected chi connectivity index (χ3v) is 6.28. The number of nitrogens with zero attached hydrogens (tertiary/aromatic N) is 3. The monoisotopic (exact) mass is 613 g/mol. The number of carbonyl (C=O) groups is 1. The largest absolute Gasteiger partial charge is 0.484 e. The number of hydrogen-bond acceptors (Lipinski definition) is 8. The zero-order chi connectivity index (χ0) is 28.9. The van der Waals surface area contributed by atoms with E-state index in [1.165, 1.54) is 18.5 Å². The highest BCUT2D eigenvalue weighted by atomic mass is 35.5. The molecule has 1 amide bonds. The van der Waals surface area contributed by atoms with Crippen molar-refractivity contribution in [3.05, 3.63) is 66.6 Å². The molecule has 0 aliphatic rings. The zero-order valence-corrected chi connectivity index (χ0v) is 23.6. The fourth-order valence-electron chi connectivity index (χ4n) is 3.81. The summed E-state index contributed by atoms with van der Waals surface area (Å²) in [5.41, 5.74) is 2.81. The van der Waals surface area contributed by atoms with Gasteiger partial charge in [0.1, 0.15) is 34.8 Å². The highest BCUT2D eigenvalue weighted by Crippen LogP contribution is 2.31. The van der Waals surface area contributed by atoms with E-state index in [2.05, 4.69) is 20.6 Å². The summed E-state index contributed by atoms with van der Waals surface area (Å²) in [6.07, 6.45) is -0.233. The molecule has 0 aliphatic carbocycles. The molecule has 0 fully saturated rings. The van der Waals surface area contributed by atoms with Gasteiger partial charge in [-0.1, -0.05) is 6.07 Å². The SMILES string of the molecule is Cc1cc(Nc2ncnc3ccn(CCNC(=O)CS(C)(=O)=O)c23)ccc1Oc1cccc(OCC(F)(F)F)c1.Cl. The second kappa shape index (κ2) is 13.1. The van der Waals surface area contributed by atoms with Crippen molar-refractivity contribution in [2.24, 2.45) is 0 Å². The normalized spacial score (nSPS) is 11.5. The third kappa shape index (κ3) is 9.25. The van der Waals surface area contributed by atoms with Gasteiger partial charge in [0.05, 0.1) is 5.52 Å². The van der Waals surface area contributed by atoms with Gasteiger partial charge in [-0.15, -0.1) is 12.4 Å². The number of ether oxygens (including phenoxy) is 2. The quantitative estimate of drug-likeness (QED) is 0.247. The van der Waals surface area contributed by atoms with Gasteiger partial charge in [-0.25, -0.2) is 18.4 Å². The molecule has 0 unspecified atom stereocenters. The van der Waals surface area contributed by atoms with E-state index in [0.717, 1.165) is 11.8 Å². The molecule has 0 saturated heterocycles. The van der Waals surface area contributed by atoms with E-state index in [4.69, 9.17) is 9.47 Å². The van der Waals surface area contributed by atoms with E-state index in [1.54, 1.807) is 36.5 Å². The maximum Gasteiger partial charge on any atom is 0.422 e. The lowest BCUT2D eigenvalue weighted by atomic mass is 10.2. The standard InChI is InChI=1S/C26H26F3N5O5S.ClH/c1-17-12-18(6-7-22(17)39-20-5-3-4-19(13-20)38-15-26(27,28)29)33-25-24-21(31-16-32-25)8-10-34(24)11-9-30-23(35)14-40(2,36)37;/h3-8,10,12-13,16H,9,11,14-15H2,1-2H3,(H,30,35)(H,31,32,33);1H. The van der Waals surface area contributed by atoms with Crippen molar-refractivity contribution in [2.45, 2.75) is 19.6 Å². The molecule has 220 valence electrons. The Morgan fingerprint density at radius 2 is 1.83 bits per heavy atom. The number of fused-ring (bicyclic) bond motifs is 1. The molecule has 10 nitrogen and oxygen atoms in total. The fraction of sp³-hybridized carbons (Fsp3) is 0.269. The highest BCUT2D eigenvalue weighted by Gasteiger charge is 2.28. The number of aryl methyl sites for hydroxylation is 1. The molecule has 4 rings (SSSR count). The summed E-state index contributed by atoms with van der Waals surface area (Å²) < 4.78 is 72.4. The molecule has 41 heavy (non-hydrogen) atoms. The molecular weight excluding hydrogens is 587 g/mol. The van der Waals surface area contributed by atoms with E-state index in [9.17, 15) is 26.4 Å². The van der Waals surface area contributed by atoms with Crippen LogP contribution in [-0.2, 0) is 21.2 Å². The lowest BCUT2D eigenvalue weighted by Gasteiger charge is -2.14. The lowest BCUT2D eigenvalue weighted by Crippen LogP contribution is -2.32. The van der Waals surface area contributed by atoms with E-state index in [0.29, 0.717) is 40.6 Å². The molecular formula is C26H27ClF3N5O5S. The van der Waals surface area contributed by atoms with Crippen LogP contribution in [0.3, 0.4) is 0 Å². The Morgan fingerprint density at radius 1 is 1.07 bits per heavy atom. The van der Waals surface area contributed by atoms with E-state index >= 15 is 0 Å². The van der Waals surface area contributed by atoms with E-state index in [1.807, 2.05) is 17.6 Å². The number of carbonyl (C=O) groups excluding carboxylic acids is 1. The molecule has 0 bridgehead atoms. The number of aromatic nitrogens is 3. The fourth-order valence-corrected chi connectivity index (χ4v) is 4.39. The maximum absolute atomic E-state index is 12.5. The number of alkyl halides is 3. The zero-order valence-electron chi connectivity index (χ0n) is 21.9. The summed E-state index contributed by atoms with van der Waals surface area (Å²) in [6, 6.07) is 13.1. The van der Waals surface area contributed by atoms with Gasteiger partial charge >= 0.3 is 6.18 Å². The first-order valence-electron chi connectivity index (χ1n) is 12.0. The Morgan fingerprint density at radius 3 is 2.54 bits per heavy atom. The van der Waals surface area contributed by atoms with Gasteiger partial charge in [0.15, 0.2) is 22.3 Å². The Balaban J connectivity index is 0.00000462. The molecule has 2 N–H and O–H groups in total. The van der Waals surface area contributed by atoms with Crippen LogP contribution in [0, 0.1) is 6.92 Å². The topological polar surface area (TPSA) is 124 Å². The van der Waals surface area contributed by atoms with Crippen molar-refractivity contribution in [3.8, 4) is 17.2 Å². The lowest BCUT2D eigenvalue weighted by molar-refractivity contribution is -0.153. The van der Waals surface area contributed by atoms with Crippen LogP contribution in [0.2, 0.25) is 0 Å². The first kappa shape index (κ1) is 31.5. The molecule has 0 atom stereocenters. The predicted molar refractivity (Wildman–Crippen MR) is 150 cm³/mol. The van der Waals surface area contributed by atoms with Crippen molar-refractivity contribution in [2.75, 3.05) is 30.5 Å². The van der Waals surface area contributed by atoms with Gasteiger partial charge in [-0.05, 0) is 48.9 Å². The van der Waals surface area contributed by atoms with E-state index in [-0.39, 0.29) is 24.7 Å². The van der Waals surface area contributed by atoms with Gasteiger partial charge in [0, 0.05) is 37.3 Å². The summed E-state index contributed by atoms with van der Waals surface area (Å²) in [7, 11) is -3.42. The van der Waals surface area contributed by atoms with Gasteiger partial charge in [-0.3, -0.25) is 4.79 Å². The second-order valence-electron chi connectivity index (χ2n) is 8.97. The smallest absolute Gasteiger partial charge is 0.422 e. The van der Waals surface area contributed by atoms with Gasteiger partial charge in [0.25, 0.3) is 0 Å². The summed E-state index contributed by atoms with van der Waals surface area (Å²) >= 11 is 0. The van der Waals surface area contributed by atoms with Crippen LogP contribution >= 0.6 is 12.4 Å². The van der Waals surface area contributed by atoms with Gasteiger partial charge < -0.3 is 24.7 Å². The van der Waals surface area contributed by atoms with Gasteiger partial charge in [0.2, 0.25) is 5.91 Å². The molecule has 2 aromatic carbocycles. The molecule has 0 radical (unpaired) electrons. The van der Waals surface area contributed by atoms with Crippen LogP contribution in [0.25, 0.3) is 11.0 Å². The van der Waals surface area contributed by atoms with Crippen molar-refractivity contribution in [3.63, 3.8) is 0 Å². The Kier molecular flexibility index (Phi) is 10.0. The summed E-state index contributed by atoms with van der Waals surface area (Å²) in [4.78, 5) is 20.5. The number of rotatable bonds is 11. The van der Waals surface area contributed by atoms with Crippen molar-refractivity contribution >= 4 is 50.7 Å². The molecule has 15 heteroatoms. The average molecular weight is 614 g/mol. The predicted octanol–water partition coefficient (Wildman–Crippen LogP) is 4.80. The summed E-state index contributed by atoms with van der Waals surface area (Å²) in [5, 5.41) is 5.84. The first-order chi connectivity index (χ1) is 18.9. The number of amides is 1. The van der Waals surface area contributed by atoms with Gasteiger partial charge in [-0.2, -0.15) is 13.2 Å². The van der Waals surface area contributed by atoms with Crippen molar-refractivity contribution < 1.29 is 35.9 Å². The minimum atomic E-state index is -4.44. The number of nitrogens with one attached hydrogen (secondary N) is 2. The first-order valence-corrected chi connectivity index (χ1v) is 14.0. The Bertz CT molecular complexity index is 1630. The van der Waals surface area contributed by atoms with Crippen molar-refractivity contribution in [1.82, 2.24) is 19.9 Å². The second-order valence-corrected chi connectivity index (χ2v) is 11.1. The molecule has 0 spiro atoms. The highest BCUT2D eigenvalue weighted by molar-refractivity contribution is 7.91. The maximum atomic E-state index is 12.5. The van der Waals surface area contributed by atoms with Crippen LogP contribution in [0.4, 0.5) is 24.7 Å². The van der Waals surface area contributed by atoms with Crippen LogP contribution in [0.15, 0.2) is 61.1 Å². The minimum Gasteiger partial charge on any atom is -0.484 e. The van der Waals surface area contributed by atoms with E-state index < -0.39 is 34.3 Å².